The summed E-state index contributed by atoms with van der Waals surface area (Å²) in [6.07, 6.45) is 6.38. The Morgan fingerprint density at radius 2 is 1.30 bits per heavy atom. The maximum absolute atomic E-state index is 13.3. The first kappa shape index (κ1) is 57.2. The van der Waals surface area contributed by atoms with Crippen molar-refractivity contribution < 1.29 is 27.7 Å². The summed E-state index contributed by atoms with van der Waals surface area (Å²) in [6, 6.07) is 41.4. The van der Waals surface area contributed by atoms with Crippen molar-refractivity contribution in [3.63, 3.8) is 0 Å². The number of nitrogens with one attached hydrogen (secondary N) is 3. The van der Waals surface area contributed by atoms with Crippen molar-refractivity contribution in [2.24, 2.45) is 4.99 Å². The minimum atomic E-state index is -3.54. The van der Waals surface area contributed by atoms with E-state index in [4.69, 9.17) is 49.7 Å². The van der Waals surface area contributed by atoms with E-state index in [0.29, 0.717) is 46.6 Å². The molecule has 6 heterocycles. The summed E-state index contributed by atoms with van der Waals surface area (Å²) < 4.78 is 38.3. The Morgan fingerprint density at radius 1 is 0.765 bits per heavy atom. The van der Waals surface area contributed by atoms with Gasteiger partial charge in [-0.1, -0.05) is 130 Å². The molecule has 7 atom stereocenters. The lowest BCUT2D eigenvalue weighted by molar-refractivity contribution is -0.0250. The molecule has 3 unspecified atom stereocenters. The number of aliphatic imine (C=N–C) groups is 1. The minimum absolute atomic E-state index is 0.0117. The van der Waals surface area contributed by atoms with Gasteiger partial charge in [0.15, 0.2) is 42.3 Å². The lowest BCUT2D eigenvalue weighted by Crippen LogP contribution is -2.53. The largest absolute Gasteiger partial charge is 0.414 e. The first-order valence-corrected chi connectivity index (χ1v) is 32.5. The van der Waals surface area contributed by atoms with Gasteiger partial charge in [0.1, 0.15) is 25.1 Å². The molecule has 420 valence electrons. The van der Waals surface area contributed by atoms with Gasteiger partial charge in [0.25, 0.3) is 12.5 Å². The first-order valence-electron chi connectivity index (χ1n) is 26.9. The van der Waals surface area contributed by atoms with Gasteiger partial charge in [0, 0.05) is 44.6 Å². The molecule has 2 saturated heterocycles. The van der Waals surface area contributed by atoms with Crippen LogP contribution in [0.1, 0.15) is 79.5 Å². The second-order valence-corrected chi connectivity index (χ2v) is 29.8. The summed E-state index contributed by atoms with van der Waals surface area (Å²) in [7, 11) is 1.46. The average Bonchev–Trinajstić information content (AvgIpc) is 4.40. The van der Waals surface area contributed by atoms with Crippen LogP contribution >= 0.6 is 6.64 Å². The molecular weight excluding hydrogens is 1080 g/mol. The Bertz CT molecular complexity index is 3450. The Labute approximate surface area is 477 Å². The SMILES string of the molecule is CN(C)C=Nc1ncnc2c1ncn2[C@H]1CC(NC(c2ccccc2)(c2ccccc2)c2ccccc2)[C@@H](COP(=S)(NC2C[C@H](n3cnc4c(NC(=O)c5ccccc5)ncnc43)O[C@@H]2CO[Si](C)(C)C(C)(C)C)OCCC#N)O1. The number of ether oxygens (including phenoxy) is 2. The zero-order valence-electron chi connectivity index (χ0n) is 46.4. The smallest absolute Gasteiger partial charge is 0.261 e. The number of nitrogens with zero attached hydrogens (tertiary/aromatic N) is 11. The fourth-order valence-electron chi connectivity index (χ4n) is 9.93. The number of carbonyl (C=O) groups excluding carboxylic acids is 1. The van der Waals surface area contributed by atoms with Crippen LogP contribution < -0.4 is 15.7 Å². The zero-order valence-corrected chi connectivity index (χ0v) is 49.1. The minimum Gasteiger partial charge on any atom is -0.414 e. The maximum Gasteiger partial charge on any atom is 0.261 e. The van der Waals surface area contributed by atoms with Crippen LogP contribution in [0, 0.1) is 11.3 Å². The number of hydrogen-bond acceptors (Lipinski definition) is 16. The number of anilines is 1. The third-order valence-corrected chi connectivity index (χ3v) is 22.2. The lowest BCUT2D eigenvalue weighted by atomic mass is 9.76. The number of imidazole rings is 2. The summed E-state index contributed by atoms with van der Waals surface area (Å²) in [6.45, 7) is 7.66. The van der Waals surface area contributed by atoms with Crippen LogP contribution in [0.15, 0.2) is 152 Å². The van der Waals surface area contributed by atoms with E-state index in [1.54, 1.807) is 43.3 Å². The van der Waals surface area contributed by atoms with Crippen LogP contribution in [0.2, 0.25) is 18.1 Å². The summed E-state index contributed by atoms with van der Waals surface area (Å²) in [5.41, 5.74) is 4.59. The van der Waals surface area contributed by atoms with Crippen molar-refractivity contribution in [1.82, 2.24) is 54.3 Å². The van der Waals surface area contributed by atoms with Gasteiger partial charge in [-0.2, -0.15) is 5.26 Å². The average molecular weight is 1150 g/mol. The number of carbonyl (C=O) groups is 1. The predicted molar refractivity (Wildman–Crippen MR) is 317 cm³/mol. The molecule has 0 saturated carbocycles. The van der Waals surface area contributed by atoms with Crippen LogP contribution in [0.4, 0.5) is 11.6 Å². The summed E-state index contributed by atoms with van der Waals surface area (Å²) in [5.74, 6) is 0.360. The van der Waals surface area contributed by atoms with Crippen molar-refractivity contribution in [3.8, 4) is 6.07 Å². The molecule has 1 amide bonds. The topological polar surface area (TPSA) is 226 Å². The number of hydrogen-bond donors (Lipinski definition) is 3. The number of amides is 1. The lowest BCUT2D eigenvalue weighted by Gasteiger charge is -2.40. The van der Waals surface area contributed by atoms with E-state index in [1.165, 1.54) is 12.7 Å². The van der Waals surface area contributed by atoms with Gasteiger partial charge in [-0.15, -0.1) is 0 Å². The van der Waals surface area contributed by atoms with E-state index in [9.17, 15) is 10.1 Å². The van der Waals surface area contributed by atoms with Gasteiger partial charge >= 0.3 is 0 Å². The van der Waals surface area contributed by atoms with Gasteiger partial charge in [0.2, 0.25) is 0 Å². The Hall–Kier alpha value is -7.00. The molecule has 0 radical (unpaired) electrons. The molecule has 20 nitrogen and oxygen atoms in total. The Balaban J connectivity index is 0.994. The maximum atomic E-state index is 13.3. The highest BCUT2D eigenvalue weighted by atomic mass is 32.5. The highest BCUT2D eigenvalue weighted by molar-refractivity contribution is 8.09. The molecule has 2 aliphatic rings. The number of fused-ring (bicyclic) bond motifs is 2. The highest BCUT2D eigenvalue weighted by Gasteiger charge is 2.47. The Morgan fingerprint density at radius 3 is 1.86 bits per heavy atom. The second-order valence-electron chi connectivity index (χ2n) is 21.8. The van der Waals surface area contributed by atoms with E-state index < -0.39 is 57.2 Å². The molecule has 23 heteroatoms. The third-order valence-electron chi connectivity index (χ3n) is 15.1. The van der Waals surface area contributed by atoms with E-state index in [2.05, 4.69) is 148 Å². The van der Waals surface area contributed by atoms with Crippen LogP contribution in [-0.2, 0) is 40.3 Å². The van der Waals surface area contributed by atoms with Crippen LogP contribution in [-0.4, -0.2) is 123 Å². The van der Waals surface area contributed by atoms with Gasteiger partial charge in [0.05, 0.1) is 69.1 Å². The molecule has 4 aromatic carbocycles. The second kappa shape index (κ2) is 24.6. The molecule has 3 N–H and O–H groups in total. The fraction of sp³-hybridized carbons (Fsp3) is 0.362. The number of benzene rings is 4. The van der Waals surface area contributed by atoms with E-state index in [0.717, 1.165) is 16.7 Å². The molecule has 0 aliphatic carbocycles. The molecule has 4 aromatic heterocycles. The third kappa shape index (κ3) is 12.6. The van der Waals surface area contributed by atoms with Crippen LogP contribution in [0.3, 0.4) is 0 Å². The molecular formula is C58H67N14O6PSSi. The standard InChI is InChI=1S/C58H67N14O6PSSi/c1-57(2,3)81(6,7)76-34-47-45(32-49(78-47)72-39-65-51-53(61-36-63-55(51)72)67-56(73)40-21-12-8-13-22-40)69-79(80,74-30-20-29-59)75-33-46-44(31-48(77-46)71-38-64-50-52(66-37-70(4)5)60-35-62-54(50)71)68-58(41-23-14-9-15-24-41,42-25-16-10-17-26-42)43-27-18-11-19-28-43/h8-19,21-28,35-39,44-49,68H,20,30-34H2,1-7H3,(H,69,80)(H,61,63,67,73)/t44?,45?,46-,47-,48-,49-,79?/m1/s1. The quantitative estimate of drug-likeness (QED) is 0.0143. The number of nitriles is 1. The van der Waals surface area contributed by atoms with Crippen molar-refractivity contribution >= 4 is 73.0 Å². The zero-order chi connectivity index (χ0) is 56.8. The first-order chi connectivity index (χ1) is 39.1. The fourth-order valence-corrected chi connectivity index (χ4v) is 13.3. The number of aromatic nitrogens is 8. The molecule has 10 rings (SSSR count). The summed E-state index contributed by atoms with van der Waals surface area (Å²) in [5, 5.41) is 20.5. The van der Waals surface area contributed by atoms with Crippen molar-refractivity contribution in [2.45, 2.75) is 100 Å². The molecule has 0 bridgehead atoms. The highest BCUT2D eigenvalue weighted by Crippen LogP contribution is 2.50. The molecule has 8 aromatic rings. The molecule has 2 aliphatic heterocycles. The normalized spacial score (nSPS) is 20.4. The Kier molecular flexibility index (Phi) is 17.4. The van der Waals surface area contributed by atoms with Crippen molar-refractivity contribution in [3.05, 3.63) is 169 Å². The molecule has 0 spiro atoms. The van der Waals surface area contributed by atoms with Crippen LogP contribution in [0.5, 0.6) is 0 Å². The van der Waals surface area contributed by atoms with E-state index >= 15 is 0 Å². The van der Waals surface area contributed by atoms with E-state index in [1.807, 2.05) is 52.4 Å². The van der Waals surface area contributed by atoms with Gasteiger partial charge in [-0.25, -0.2) is 40.0 Å². The number of rotatable bonds is 22. The van der Waals surface area contributed by atoms with Crippen LogP contribution in [0.25, 0.3) is 22.3 Å². The summed E-state index contributed by atoms with van der Waals surface area (Å²) in [4.78, 5) is 47.3. The molecule has 2 fully saturated rings. The monoisotopic (exact) mass is 1150 g/mol. The van der Waals surface area contributed by atoms with Crippen molar-refractivity contribution in [2.75, 3.05) is 39.2 Å². The predicted octanol–water partition coefficient (Wildman–Crippen LogP) is 9.82. The molecule has 81 heavy (non-hydrogen) atoms. The summed E-state index contributed by atoms with van der Waals surface area (Å²) >= 11 is 6.53. The van der Waals surface area contributed by atoms with Crippen molar-refractivity contribution in [1.29, 1.82) is 5.26 Å². The van der Waals surface area contributed by atoms with Gasteiger partial charge in [-0.05, 0) is 58.8 Å². The van der Waals surface area contributed by atoms with Gasteiger partial charge < -0.3 is 33.2 Å². The van der Waals surface area contributed by atoms with E-state index in [-0.39, 0.29) is 43.0 Å². The van der Waals surface area contributed by atoms with Gasteiger partial charge in [-0.3, -0.25) is 19.2 Å².